The van der Waals surface area contributed by atoms with Crippen LogP contribution < -0.4 is 5.32 Å². The normalized spacial score (nSPS) is 23.9. The molecule has 1 heterocycles. The van der Waals surface area contributed by atoms with Gasteiger partial charge in [-0.1, -0.05) is 0 Å². The number of likely N-dealkylation sites (tertiary alicyclic amines) is 1. The predicted molar refractivity (Wildman–Crippen MR) is 96.3 cm³/mol. The Morgan fingerprint density at radius 1 is 1.07 bits per heavy atom. The smallest absolute Gasteiger partial charge is 0.317 e. The minimum absolute atomic E-state index is 0.0345. The van der Waals surface area contributed by atoms with Crippen LogP contribution in [0.2, 0.25) is 0 Å². The number of halogens is 2. The number of urea groups is 1. The lowest BCUT2D eigenvalue weighted by Gasteiger charge is -2.34. The van der Waals surface area contributed by atoms with Gasteiger partial charge in [0.1, 0.15) is 11.6 Å². The van der Waals surface area contributed by atoms with E-state index < -0.39 is 11.8 Å². The van der Waals surface area contributed by atoms with Gasteiger partial charge in [-0.25, -0.2) is 13.6 Å². The molecule has 2 aliphatic rings. The first-order chi connectivity index (χ1) is 12.9. The highest BCUT2D eigenvalue weighted by Crippen LogP contribution is 2.26. The van der Waals surface area contributed by atoms with Gasteiger partial charge in [0.25, 0.3) is 0 Å². The first-order valence-electron chi connectivity index (χ1n) is 9.64. The Labute approximate surface area is 157 Å². The van der Waals surface area contributed by atoms with E-state index in [1.165, 1.54) is 6.07 Å². The number of carbonyl (C=O) groups is 2. The second-order valence-electron chi connectivity index (χ2n) is 7.71. The third-order valence-corrected chi connectivity index (χ3v) is 5.82. The van der Waals surface area contributed by atoms with Crippen LogP contribution in [0.1, 0.15) is 44.1 Å². The SMILES string of the molecule is O=C(O)C1CCC(NC(=O)N2CCC(Cc3cc(F)ccc3F)CC2)CC1. The number of benzene rings is 1. The first-order valence-corrected chi connectivity index (χ1v) is 9.64. The molecule has 2 amide bonds. The molecule has 1 aliphatic heterocycles. The van der Waals surface area contributed by atoms with Crippen molar-refractivity contribution in [2.45, 2.75) is 51.0 Å². The number of piperidine rings is 1. The van der Waals surface area contributed by atoms with Gasteiger partial charge in [-0.3, -0.25) is 4.79 Å². The average Bonchev–Trinajstić information content (AvgIpc) is 2.65. The van der Waals surface area contributed by atoms with E-state index in [-0.39, 0.29) is 29.7 Å². The first kappa shape index (κ1) is 19.6. The molecule has 1 saturated carbocycles. The highest BCUT2D eigenvalue weighted by atomic mass is 19.1. The summed E-state index contributed by atoms with van der Waals surface area (Å²) in [5.41, 5.74) is 0.396. The van der Waals surface area contributed by atoms with E-state index in [4.69, 9.17) is 5.11 Å². The summed E-state index contributed by atoms with van der Waals surface area (Å²) in [6.45, 7) is 1.19. The molecule has 3 rings (SSSR count). The monoisotopic (exact) mass is 380 g/mol. The third kappa shape index (κ3) is 5.17. The van der Waals surface area contributed by atoms with Crippen LogP contribution in [0.25, 0.3) is 0 Å². The van der Waals surface area contributed by atoms with Gasteiger partial charge in [-0.2, -0.15) is 0 Å². The van der Waals surface area contributed by atoms with Crippen LogP contribution in [-0.4, -0.2) is 41.1 Å². The summed E-state index contributed by atoms with van der Waals surface area (Å²) >= 11 is 0. The fraction of sp³-hybridized carbons (Fsp3) is 0.600. The van der Waals surface area contributed by atoms with Crippen molar-refractivity contribution in [1.29, 1.82) is 0 Å². The van der Waals surface area contributed by atoms with E-state index in [2.05, 4.69) is 5.32 Å². The van der Waals surface area contributed by atoms with Crippen LogP contribution in [-0.2, 0) is 11.2 Å². The molecule has 0 unspecified atom stereocenters. The lowest BCUT2D eigenvalue weighted by molar-refractivity contribution is -0.142. The summed E-state index contributed by atoms with van der Waals surface area (Å²) in [5.74, 6) is -1.63. The molecule has 5 nitrogen and oxygen atoms in total. The summed E-state index contributed by atoms with van der Waals surface area (Å²) in [5, 5.41) is 12.0. The number of rotatable bonds is 4. The van der Waals surface area contributed by atoms with Gasteiger partial charge in [-0.05, 0) is 74.6 Å². The Bertz CT molecular complexity index is 682. The molecule has 0 atom stereocenters. The number of hydrogen-bond acceptors (Lipinski definition) is 2. The number of nitrogens with one attached hydrogen (secondary N) is 1. The summed E-state index contributed by atoms with van der Waals surface area (Å²) in [4.78, 5) is 25.2. The predicted octanol–water partition coefficient (Wildman–Crippen LogP) is 3.57. The minimum atomic E-state index is -0.753. The van der Waals surface area contributed by atoms with Gasteiger partial charge in [0.2, 0.25) is 0 Å². The molecule has 148 valence electrons. The molecule has 0 bridgehead atoms. The minimum Gasteiger partial charge on any atom is -0.481 e. The summed E-state index contributed by atoms with van der Waals surface area (Å²) in [6, 6.07) is 3.46. The van der Waals surface area contributed by atoms with Crippen molar-refractivity contribution < 1.29 is 23.5 Å². The molecular weight excluding hydrogens is 354 g/mol. The van der Waals surface area contributed by atoms with Gasteiger partial charge < -0.3 is 15.3 Å². The van der Waals surface area contributed by atoms with Crippen molar-refractivity contribution >= 4 is 12.0 Å². The third-order valence-electron chi connectivity index (χ3n) is 5.82. The Hall–Kier alpha value is -2.18. The lowest BCUT2D eigenvalue weighted by Crippen LogP contribution is -2.49. The Kier molecular flexibility index (Phi) is 6.29. The number of carboxylic acid groups (broad SMARTS) is 1. The fourth-order valence-electron chi connectivity index (χ4n) is 4.10. The van der Waals surface area contributed by atoms with Crippen LogP contribution in [0.3, 0.4) is 0 Å². The molecule has 0 spiro atoms. The van der Waals surface area contributed by atoms with E-state index in [0.29, 0.717) is 50.8 Å². The molecule has 27 heavy (non-hydrogen) atoms. The highest BCUT2D eigenvalue weighted by molar-refractivity contribution is 5.74. The number of aliphatic carboxylic acids is 1. The quantitative estimate of drug-likeness (QED) is 0.839. The van der Waals surface area contributed by atoms with Crippen molar-refractivity contribution in [3.05, 3.63) is 35.4 Å². The van der Waals surface area contributed by atoms with Crippen LogP contribution in [0.15, 0.2) is 18.2 Å². The molecule has 2 fully saturated rings. The number of amides is 2. The highest BCUT2D eigenvalue weighted by Gasteiger charge is 2.29. The van der Waals surface area contributed by atoms with Gasteiger partial charge in [0.05, 0.1) is 5.92 Å². The lowest BCUT2D eigenvalue weighted by atomic mass is 9.86. The zero-order chi connectivity index (χ0) is 19.4. The Morgan fingerprint density at radius 3 is 2.37 bits per heavy atom. The molecule has 1 saturated heterocycles. The topological polar surface area (TPSA) is 69.6 Å². The van der Waals surface area contributed by atoms with Crippen molar-refractivity contribution in [3.8, 4) is 0 Å². The summed E-state index contributed by atoms with van der Waals surface area (Å²) < 4.78 is 27.1. The van der Waals surface area contributed by atoms with E-state index in [9.17, 15) is 18.4 Å². The Morgan fingerprint density at radius 2 is 1.74 bits per heavy atom. The van der Waals surface area contributed by atoms with Crippen molar-refractivity contribution in [2.75, 3.05) is 13.1 Å². The van der Waals surface area contributed by atoms with Crippen LogP contribution >= 0.6 is 0 Å². The van der Waals surface area contributed by atoms with Crippen molar-refractivity contribution in [1.82, 2.24) is 10.2 Å². The van der Waals surface area contributed by atoms with Crippen molar-refractivity contribution in [2.24, 2.45) is 11.8 Å². The Balaban J connectivity index is 1.43. The molecular formula is C20H26F2N2O3. The van der Waals surface area contributed by atoms with E-state index in [0.717, 1.165) is 25.0 Å². The molecule has 1 aromatic rings. The molecule has 1 aliphatic carbocycles. The largest absolute Gasteiger partial charge is 0.481 e. The second kappa shape index (κ2) is 8.67. The maximum Gasteiger partial charge on any atom is 0.317 e. The molecule has 2 N–H and O–H groups in total. The van der Waals surface area contributed by atoms with Gasteiger partial charge in [0, 0.05) is 19.1 Å². The van der Waals surface area contributed by atoms with Gasteiger partial charge >= 0.3 is 12.0 Å². The number of carbonyl (C=O) groups excluding carboxylic acids is 1. The zero-order valence-corrected chi connectivity index (χ0v) is 15.3. The van der Waals surface area contributed by atoms with E-state index in [1.807, 2.05) is 0 Å². The number of hydrogen-bond donors (Lipinski definition) is 2. The summed E-state index contributed by atoms with van der Waals surface area (Å²) in [6.07, 6.45) is 4.58. The molecule has 7 heteroatoms. The maximum absolute atomic E-state index is 13.8. The number of nitrogens with zero attached hydrogens (tertiary/aromatic N) is 1. The number of carboxylic acids is 1. The van der Waals surface area contributed by atoms with Crippen LogP contribution in [0.4, 0.5) is 13.6 Å². The fourth-order valence-corrected chi connectivity index (χ4v) is 4.10. The molecule has 0 radical (unpaired) electrons. The van der Waals surface area contributed by atoms with Crippen molar-refractivity contribution in [3.63, 3.8) is 0 Å². The standard InChI is InChI=1S/C20H26F2N2O3/c21-16-3-6-18(22)15(12-16)11-13-7-9-24(10-8-13)20(27)23-17-4-1-14(2-5-17)19(25)26/h3,6,12-14,17H,1-2,4-5,7-11H2,(H,23,27)(H,25,26). The van der Waals surface area contributed by atoms with Crippen LogP contribution in [0, 0.1) is 23.5 Å². The molecule has 0 aromatic heterocycles. The molecule has 1 aromatic carbocycles. The van der Waals surface area contributed by atoms with E-state index in [1.54, 1.807) is 4.90 Å². The van der Waals surface area contributed by atoms with Crippen LogP contribution in [0.5, 0.6) is 0 Å². The zero-order valence-electron chi connectivity index (χ0n) is 15.3. The van der Waals surface area contributed by atoms with Gasteiger partial charge in [-0.15, -0.1) is 0 Å². The van der Waals surface area contributed by atoms with Gasteiger partial charge in [0.15, 0.2) is 0 Å². The second-order valence-corrected chi connectivity index (χ2v) is 7.71. The average molecular weight is 380 g/mol. The maximum atomic E-state index is 13.8. The summed E-state index contributed by atoms with van der Waals surface area (Å²) in [7, 11) is 0. The van der Waals surface area contributed by atoms with E-state index >= 15 is 0 Å².